The molecule has 19 heavy (non-hydrogen) atoms. The second-order valence-corrected chi connectivity index (χ2v) is 5.00. The van der Waals surface area contributed by atoms with Gasteiger partial charge in [0.1, 0.15) is 0 Å². The quantitative estimate of drug-likeness (QED) is 0.490. The van der Waals surface area contributed by atoms with Crippen LogP contribution in [0.25, 0.3) is 0 Å². The molecule has 0 amide bonds. The minimum atomic E-state index is 0. The van der Waals surface area contributed by atoms with E-state index in [4.69, 9.17) is 5.73 Å². The van der Waals surface area contributed by atoms with Gasteiger partial charge in [-0.3, -0.25) is 4.99 Å². The highest BCUT2D eigenvalue weighted by atomic mass is 127. The van der Waals surface area contributed by atoms with Gasteiger partial charge in [-0.15, -0.1) is 24.0 Å². The maximum atomic E-state index is 5.94. The van der Waals surface area contributed by atoms with E-state index in [1.54, 1.807) is 0 Å². The van der Waals surface area contributed by atoms with Gasteiger partial charge in [0.2, 0.25) is 0 Å². The van der Waals surface area contributed by atoms with Crippen molar-refractivity contribution in [2.24, 2.45) is 10.7 Å². The zero-order valence-electron chi connectivity index (χ0n) is 11.8. The van der Waals surface area contributed by atoms with E-state index in [1.807, 2.05) is 7.05 Å². The van der Waals surface area contributed by atoms with E-state index in [0.717, 1.165) is 19.4 Å². The van der Waals surface area contributed by atoms with Crippen LogP contribution in [0.2, 0.25) is 0 Å². The molecule has 0 aromatic heterocycles. The number of hydrogen-bond acceptors (Lipinski definition) is 1. The number of nitrogens with two attached hydrogens (primary N) is 1. The Morgan fingerprint density at radius 2 is 1.84 bits per heavy atom. The van der Waals surface area contributed by atoms with Crippen molar-refractivity contribution >= 4 is 29.9 Å². The van der Waals surface area contributed by atoms with E-state index in [-0.39, 0.29) is 24.0 Å². The van der Waals surface area contributed by atoms with Gasteiger partial charge in [0.15, 0.2) is 5.96 Å². The highest BCUT2D eigenvalue weighted by molar-refractivity contribution is 14.0. The van der Waals surface area contributed by atoms with Crippen LogP contribution in [-0.4, -0.2) is 30.5 Å². The molecule has 2 rings (SSSR count). The number of guanidine groups is 1. The van der Waals surface area contributed by atoms with Crippen molar-refractivity contribution in [1.29, 1.82) is 0 Å². The Hall–Kier alpha value is -0.780. The van der Waals surface area contributed by atoms with E-state index in [9.17, 15) is 0 Å². The lowest BCUT2D eigenvalue weighted by molar-refractivity contribution is 0.487. The Balaban J connectivity index is 0.00000180. The van der Waals surface area contributed by atoms with Crippen LogP contribution in [0, 0.1) is 0 Å². The molecule has 106 valence electrons. The molecule has 2 N–H and O–H groups in total. The summed E-state index contributed by atoms with van der Waals surface area (Å²) in [5.41, 5.74) is 8.66. The van der Waals surface area contributed by atoms with Crippen LogP contribution in [0.4, 0.5) is 0 Å². The monoisotopic (exact) mass is 373 g/mol. The highest BCUT2D eigenvalue weighted by Crippen LogP contribution is 2.24. The smallest absolute Gasteiger partial charge is 0.191 e. The maximum absolute atomic E-state index is 5.94. The zero-order valence-corrected chi connectivity index (χ0v) is 14.1. The number of aliphatic imine (C=N–C) groups is 1. The number of nitrogens with zero attached hydrogens (tertiary/aromatic N) is 2. The molecule has 1 aliphatic carbocycles. The lowest BCUT2D eigenvalue weighted by Gasteiger charge is -2.16. The fraction of sp³-hybridized carbons (Fsp3) is 0.533. The highest BCUT2D eigenvalue weighted by Gasteiger charge is 2.27. The molecule has 1 aliphatic rings. The maximum Gasteiger partial charge on any atom is 0.191 e. The Labute approximate surface area is 133 Å². The fourth-order valence-electron chi connectivity index (χ4n) is 2.00. The van der Waals surface area contributed by atoms with Gasteiger partial charge in [-0.2, -0.15) is 0 Å². The van der Waals surface area contributed by atoms with E-state index in [0.29, 0.717) is 12.0 Å². The summed E-state index contributed by atoms with van der Waals surface area (Å²) in [5, 5.41) is 0. The van der Waals surface area contributed by atoms with Crippen LogP contribution < -0.4 is 5.73 Å². The first kappa shape index (κ1) is 16.3. The van der Waals surface area contributed by atoms with Crippen molar-refractivity contribution < 1.29 is 0 Å². The van der Waals surface area contributed by atoms with Gasteiger partial charge in [0.25, 0.3) is 0 Å². The topological polar surface area (TPSA) is 41.6 Å². The molecule has 4 heteroatoms. The molecule has 0 radical (unpaired) electrons. The summed E-state index contributed by atoms with van der Waals surface area (Å²) in [5.74, 6) is 0.683. The Kier molecular flexibility index (Phi) is 6.62. The van der Waals surface area contributed by atoms with Gasteiger partial charge < -0.3 is 10.6 Å². The zero-order chi connectivity index (χ0) is 13.0. The van der Waals surface area contributed by atoms with E-state index in [1.165, 1.54) is 24.0 Å². The molecule has 0 unspecified atom stereocenters. The van der Waals surface area contributed by atoms with Gasteiger partial charge >= 0.3 is 0 Å². The number of benzene rings is 1. The van der Waals surface area contributed by atoms with Crippen molar-refractivity contribution in [3.63, 3.8) is 0 Å². The molecule has 0 saturated heterocycles. The first-order chi connectivity index (χ1) is 8.70. The third-order valence-corrected chi connectivity index (χ3v) is 3.56. The van der Waals surface area contributed by atoms with E-state index >= 15 is 0 Å². The molecular formula is C15H24IN3. The molecule has 1 saturated carbocycles. The van der Waals surface area contributed by atoms with Crippen LogP contribution in [0.1, 0.15) is 30.9 Å². The Bertz CT molecular complexity index is 410. The van der Waals surface area contributed by atoms with E-state index in [2.05, 4.69) is 41.1 Å². The van der Waals surface area contributed by atoms with E-state index < -0.39 is 0 Å². The summed E-state index contributed by atoms with van der Waals surface area (Å²) in [7, 11) is 2.03. The largest absolute Gasteiger partial charge is 0.370 e. The Morgan fingerprint density at radius 3 is 2.37 bits per heavy atom. The lowest BCUT2D eigenvalue weighted by atomic mass is 10.1. The summed E-state index contributed by atoms with van der Waals surface area (Å²) in [6, 6.07) is 9.40. The third kappa shape index (κ3) is 5.01. The molecule has 0 aliphatic heterocycles. The van der Waals surface area contributed by atoms with Crippen molar-refractivity contribution in [3.05, 3.63) is 35.4 Å². The van der Waals surface area contributed by atoms with Crippen molar-refractivity contribution in [1.82, 2.24) is 4.90 Å². The normalized spacial score (nSPS) is 14.9. The second-order valence-electron chi connectivity index (χ2n) is 5.00. The summed E-state index contributed by atoms with van der Waals surface area (Å²) >= 11 is 0. The van der Waals surface area contributed by atoms with Crippen molar-refractivity contribution in [2.75, 3.05) is 13.6 Å². The molecule has 0 bridgehead atoms. The predicted octanol–water partition coefficient (Wildman–Crippen LogP) is 2.82. The Morgan fingerprint density at radius 1 is 1.26 bits per heavy atom. The summed E-state index contributed by atoms with van der Waals surface area (Å²) < 4.78 is 0. The van der Waals surface area contributed by atoms with Gasteiger partial charge in [0.05, 0.1) is 0 Å². The number of rotatable bonds is 5. The SMILES string of the molecule is CCc1ccc(CCN=C(N)N(C)C2CC2)cc1.I. The van der Waals surface area contributed by atoms with Gasteiger partial charge in [0, 0.05) is 19.6 Å². The van der Waals surface area contributed by atoms with Crippen molar-refractivity contribution in [3.8, 4) is 0 Å². The molecule has 0 spiro atoms. The van der Waals surface area contributed by atoms with Gasteiger partial charge in [-0.1, -0.05) is 31.2 Å². The van der Waals surface area contributed by atoms with Crippen LogP contribution in [0.3, 0.4) is 0 Å². The summed E-state index contributed by atoms with van der Waals surface area (Å²) in [6.07, 6.45) is 4.57. The lowest BCUT2D eigenvalue weighted by Crippen LogP contribution is -2.35. The second kappa shape index (κ2) is 7.72. The fourth-order valence-corrected chi connectivity index (χ4v) is 2.00. The molecule has 1 aromatic rings. The molecule has 1 aromatic carbocycles. The van der Waals surface area contributed by atoms with Crippen LogP contribution >= 0.6 is 24.0 Å². The van der Waals surface area contributed by atoms with Crippen LogP contribution in [0.15, 0.2) is 29.3 Å². The number of halogens is 1. The first-order valence-corrected chi connectivity index (χ1v) is 6.81. The summed E-state index contributed by atoms with van der Waals surface area (Å²) in [4.78, 5) is 6.54. The average molecular weight is 373 g/mol. The standard InChI is InChI=1S/C15H23N3.HI/c1-3-12-4-6-13(7-5-12)10-11-17-15(16)18(2)14-8-9-14;/h4-7,14H,3,8-11H2,1-2H3,(H2,16,17);1H. The summed E-state index contributed by atoms with van der Waals surface area (Å²) in [6.45, 7) is 2.95. The van der Waals surface area contributed by atoms with Crippen LogP contribution in [0.5, 0.6) is 0 Å². The molecular weight excluding hydrogens is 349 g/mol. The number of aryl methyl sites for hydroxylation is 1. The van der Waals surface area contributed by atoms with Crippen molar-refractivity contribution in [2.45, 2.75) is 38.6 Å². The minimum Gasteiger partial charge on any atom is -0.370 e. The average Bonchev–Trinajstić information content (AvgIpc) is 3.23. The van der Waals surface area contributed by atoms with Gasteiger partial charge in [-0.05, 0) is 36.8 Å². The molecule has 0 atom stereocenters. The predicted molar refractivity (Wildman–Crippen MR) is 92.2 cm³/mol. The van der Waals surface area contributed by atoms with Crippen LogP contribution in [-0.2, 0) is 12.8 Å². The molecule has 0 heterocycles. The molecule has 1 fully saturated rings. The molecule has 3 nitrogen and oxygen atoms in total. The third-order valence-electron chi connectivity index (χ3n) is 3.56. The number of hydrogen-bond donors (Lipinski definition) is 1. The first-order valence-electron chi connectivity index (χ1n) is 6.81. The minimum absolute atomic E-state index is 0. The van der Waals surface area contributed by atoms with Gasteiger partial charge in [-0.25, -0.2) is 0 Å².